The summed E-state index contributed by atoms with van der Waals surface area (Å²) < 4.78 is 20.2. The molecule has 3 aromatic rings. The molecule has 1 aromatic heterocycles. The van der Waals surface area contributed by atoms with E-state index in [0.717, 1.165) is 25.9 Å². The van der Waals surface area contributed by atoms with Gasteiger partial charge in [0.15, 0.2) is 0 Å². The Hall–Kier alpha value is -2.64. The highest BCUT2D eigenvalue weighted by Crippen LogP contribution is 2.32. The van der Waals surface area contributed by atoms with Crippen LogP contribution in [0, 0.1) is 12.7 Å². The first-order chi connectivity index (χ1) is 14.5. The van der Waals surface area contributed by atoms with Gasteiger partial charge in [0.1, 0.15) is 33.7 Å². The lowest BCUT2D eigenvalue weighted by Crippen LogP contribution is -2.22. The number of anilines is 2. The van der Waals surface area contributed by atoms with Crippen LogP contribution in [0.3, 0.4) is 0 Å². The van der Waals surface area contributed by atoms with Crippen LogP contribution < -0.4 is 15.0 Å². The molecule has 0 spiro atoms. The Labute approximate surface area is 183 Å². The topological polar surface area (TPSA) is 54.5 Å². The molecule has 1 saturated heterocycles. The van der Waals surface area contributed by atoms with Crippen LogP contribution in [-0.2, 0) is 6.61 Å². The highest BCUT2D eigenvalue weighted by atomic mass is 35.5. The van der Waals surface area contributed by atoms with Gasteiger partial charge in [0.25, 0.3) is 5.91 Å². The number of aromatic nitrogens is 1. The van der Waals surface area contributed by atoms with Crippen LogP contribution in [0.4, 0.5) is 15.8 Å². The van der Waals surface area contributed by atoms with Crippen molar-refractivity contribution in [3.63, 3.8) is 0 Å². The molecule has 5 nitrogen and oxygen atoms in total. The number of rotatable bonds is 6. The van der Waals surface area contributed by atoms with E-state index in [1.807, 2.05) is 6.07 Å². The molecule has 2 heterocycles. The quantitative estimate of drug-likeness (QED) is 0.530. The van der Waals surface area contributed by atoms with E-state index in [0.29, 0.717) is 32.0 Å². The molecule has 1 N–H and O–H groups in total. The smallest absolute Gasteiger partial charge is 0.267 e. The first-order valence-corrected chi connectivity index (χ1v) is 10.9. The van der Waals surface area contributed by atoms with Crippen LogP contribution in [0.15, 0.2) is 42.5 Å². The maximum absolute atomic E-state index is 14.5. The SMILES string of the molecule is Cc1nc(COc2ccc(Cl)cc2)sc1C(=O)Nc1c(F)cccc1N1CCCC1. The Morgan fingerprint density at radius 1 is 1.23 bits per heavy atom. The number of nitrogens with zero attached hydrogens (tertiary/aromatic N) is 2. The Morgan fingerprint density at radius 3 is 2.70 bits per heavy atom. The van der Waals surface area contributed by atoms with Gasteiger partial charge in [0, 0.05) is 18.1 Å². The zero-order valence-electron chi connectivity index (χ0n) is 16.5. The summed E-state index contributed by atoms with van der Waals surface area (Å²) in [5.74, 6) is -0.144. The lowest BCUT2D eigenvalue weighted by atomic mass is 10.2. The Morgan fingerprint density at radius 2 is 1.97 bits per heavy atom. The van der Waals surface area contributed by atoms with Gasteiger partial charge in [-0.3, -0.25) is 4.79 Å². The number of para-hydroxylation sites is 1. The molecular formula is C22H21ClFN3O2S. The normalized spacial score (nSPS) is 13.5. The number of aryl methyl sites for hydroxylation is 1. The molecular weight excluding hydrogens is 425 g/mol. The Kier molecular flexibility index (Phi) is 6.20. The van der Waals surface area contributed by atoms with Gasteiger partial charge >= 0.3 is 0 Å². The molecule has 0 unspecified atom stereocenters. The van der Waals surface area contributed by atoms with Crippen molar-refractivity contribution in [2.24, 2.45) is 0 Å². The second-order valence-corrected chi connectivity index (χ2v) is 8.57. The fourth-order valence-corrected chi connectivity index (χ4v) is 4.43. The molecule has 0 radical (unpaired) electrons. The predicted octanol–water partition coefficient (Wildman–Crippen LogP) is 5.68. The van der Waals surface area contributed by atoms with E-state index in [1.54, 1.807) is 37.3 Å². The predicted molar refractivity (Wildman–Crippen MR) is 118 cm³/mol. The lowest BCUT2D eigenvalue weighted by molar-refractivity contribution is 0.102. The summed E-state index contributed by atoms with van der Waals surface area (Å²) in [7, 11) is 0. The summed E-state index contributed by atoms with van der Waals surface area (Å²) in [5.41, 5.74) is 1.52. The number of thiazole rings is 1. The zero-order chi connectivity index (χ0) is 21.1. The molecule has 30 heavy (non-hydrogen) atoms. The fraction of sp³-hybridized carbons (Fsp3) is 0.273. The molecule has 0 aliphatic carbocycles. The van der Waals surface area contributed by atoms with Crippen molar-refractivity contribution < 1.29 is 13.9 Å². The van der Waals surface area contributed by atoms with E-state index in [2.05, 4.69) is 15.2 Å². The second-order valence-electron chi connectivity index (χ2n) is 7.05. The number of carbonyl (C=O) groups excluding carboxylic acids is 1. The van der Waals surface area contributed by atoms with Gasteiger partial charge in [-0.25, -0.2) is 9.37 Å². The minimum absolute atomic E-state index is 0.219. The molecule has 156 valence electrons. The maximum Gasteiger partial charge on any atom is 0.267 e. The van der Waals surface area contributed by atoms with Crippen LogP contribution in [0.2, 0.25) is 5.02 Å². The van der Waals surface area contributed by atoms with E-state index >= 15 is 0 Å². The van der Waals surface area contributed by atoms with Crippen LogP contribution >= 0.6 is 22.9 Å². The van der Waals surface area contributed by atoms with Crippen LogP contribution in [0.25, 0.3) is 0 Å². The minimum Gasteiger partial charge on any atom is -0.486 e. The van der Waals surface area contributed by atoms with Crippen molar-refractivity contribution >= 4 is 40.2 Å². The average molecular weight is 446 g/mol. The van der Waals surface area contributed by atoms with Gasteiger partial charge in [-0.15, -0.1) is 11.3 Å². The van der Waals surface area contributed by atoms with Crippen molar-refractivity contribution in [2.75, 3.05) is 23.3 Å². The summed E-state index contributed by atoms with van der Waals surface area (Å²) in [6, 6.07) is 11.9. The highest BCUT2D eigenvalue weighted by molar-refractivity contribution is 7.13. The second kappa shape index (κ2) is 9.02. The lowest BCUT2D eigenvalue weighted by Gasteiger charge is -2.21. The van der Waals surface area contributed by atoms with Gasteiger partial charge in [-0.05, 0) is 56.2 Å². The number of amides is 1. The van der Waals surface area contributed by atoms with Crippen LogP contribution in [0.1, 0.15) is 33.2 Å². The number of hydrogen-bond acceptors (Lipinski definition) is 5. The van der Waals surface area contributed by atoms with E-state index in [9.17, 15) is 9.18 Å². The summed E-state index contributed by atoms with van der Waals surface area (Å²) in [4.78, 5) is 19.9. The molecule has 1 aliphatic heterocycles. The van der Waals surface area contributed by atoms with E-state index in [-0.39, 0.29) is 18.2 Å². The Bertz CT molecular complexity index is 1050. The third-order valence-electron chi connectivity index (χ3n) is 4.90. The van der Waals surface area contributed by atoms with E-state index in [4.69, 9.17) is 16.3 Å². The van der Waals surface area contributed by atoms with Gasteiger partial charge in [-0.2, -0.15) is 0 Å². The average Bonchev–Trinajstić information content (AvgIpc) is 3.39. The molecule has 1 fully saturated rings. The number of nitrogens with one attached hydrogen (secondary N) is 1. The van der Waals surface area contributed by atoms with Crippen molar-refractivity contribution in [1.82, 2.24) is 4.98 Å². The van der Waals surface area contributed by atoms with Crippen molar-refractivity contribution in [2.45, 2.75) is 26.4 Å². The number of carbonyl (C=O) groups is 1. The number of benzene rings is 2. The molecule has 1 aliphatic rings. The number of halogens is 2. The van der Waals surface area contributed by atoms with Gasteiger partial charge < -0.3 is 15.0 Å². The number of hydrogen-bond donors (Lipinski definition) is 1. The maximum atomic E-state index is 14.5. The Balaban J connectivity index is 1.48. The van der Waals surface area contributed by atoms with E-state index in [1.165, 1.54) is 17.4 Å². The highest BCUT2D eigenvalue weighted by Gasteiger charge is 2.22. The standard InChI is InChI=1S/C22H21ClFN3O2S/c1-14-21(30-19(25-14)13-29-16-9-7-15(23)8-10-16)22(28)26-20-17(24)5-4-6-18(20)27-11-2-3-12-27/h4-10H,2-3,11-13H2,1H3,(H,26,28). The first kappa shape index (κ1) is 20.6. The largest absolute Gasteiger partial charge is 0.486 e. The third-order valence-corrected chi connectivity index (χ3v) is 6.28. The monoisotopic (exact) mass is 445 g/mol. The summed E-state index contributed by atoms with van der Waals surface area (Å²) in [6.45, 7) is 3.72. The molecule has 0 saturated carbocycles. The van der Waals surface area contributed by atoms with Crippen LogP contribution in [0.5, 0.6) is 5.75 Å². The van der Waals surface area contributed by atoms with Crippen molar-refractivity contribution in [3.05, 3.63) is 68.9 Å². The van der Waals surface area contributed by atoms with Gasteiger partial charge in [0.05, 0.1) is 11.4 Å². The van der Waals surface area contributed by atoms with Crippen molar-refractivity contribution in [1.29, 1.82) is 0 Å². The fourth-order valence-electron chi connectivity index (χ4n) is 3.43. The van der Waals surface area contributed by atoms with Gasteiger partial charge in [-0.1, -0.05) is 17.7 Å². The van der Waals surface area contributed by atoms with E-state index < -0.39 is 5.82 Å². The summed E-state index contributed by atoms with van der Waals surface area (Å²) >= 11 is 7.12. The van der Waals surface area contributed by atoms with Crippen molar-refractivity contribution in [3.8, 4) is 5.75 Å². The minimum atomic E-state index is -0.443. The molecule has 2 aromatic carbocycles. The first-order valence-electron chi connectivity index (χ1n) is 9.71. The number of ether oxygens (including phenoxy) is 1. The summed E-state index contributed by atoms with van der Waals surface area (Å²) in [6.07, 6.45) is 2.13. The van der Waals surface area contributed by atoms with Crippen LogP contribution in [-0.4, -0.2) is 24.0 Å². The third kappa shape index (κ3) is 4.57. The molecule has 8 heteroatoms. The zero-order valence-corrected chi connectivity index (χ0v) is 18.0. The van der Waals surface area contributed by atoms with Gasteiger partial charge in [0.2, 0.25) is 0 Å². The molecule has 1 amide bonds. The summed E-state index contributed by atoms with van der Waals surface area (Å²) in [5, 5.41) is 4.07. The molecule has 4 rings (SSSR count). The molecule has 0 atom stereocenters. The molecule has 0 bridgehead atoms.